The van der Waals surface area contributed by atoms with Crippen LogP contribution >= 0.6 is 0 Å². The Hall–Kier alpha value is -0.990. The zero-order valence-corrected chi connectivity index (χ0v) is 6.98. The molecule has 3 heteroatoms. The van der Waals surface area contributed by atoms with Crippen LogP contribution in [-0.2, 0) is 0 Å². The molecule has 0 aromatic carbocycles. The molecule has 0 unspecified atom stereocenters. The molecule has 3 nitrogen and oxygen atoms in total. The molecule has 0 aliphatic heterocycles. The number of hydrogen-bond donors (Lipinski definition) is 1. The maximum absolute atomic E-state index is 4.89. The summed E-state index contributed by atoms with van der Waals surface area (Å²) in [6.45, 7) is 5.02. The van der Waals surface area contributed by atoms with Crippen molar-refractivity contribution in [2.45, 2.75) is 26.7 Å². The normalized spacial score (nSPS) is 10.0. The molecule has 0 saturated carbocycles. The summed E-state index contributed by atoms with van der Waals surface area (Å²) in [6.07, 6.45) is 5.05. The van der Waals surface area contributed by atoms with Crippen molar-refractivity contribution in [1.82, 2.24) is 5.16 Å². The van der Waals surface area contributed by atoms with E-state index in [1.54, 1.807) is 0 Å². The van der Waals surface area contributed by atoms with Crippen molar-refractivity contribution in [3.05, 3.63) is 11.8 Å². The van der Waals surface area contributed by atoms with Gasteiger partial charge in [-0.3, -0.25) is 0 Å². The van der Waals surface area contributed by atoms with Crippen LogP contribution in [-0.4, -0.2) is 11.7 Å². The molecule has 11 heavy (non-hydrogen) atoms. The fraction of sp³-hybridized carbons (Fsp3) is 0.625. The smallest absolute Gasteiger partial charge is 0.228 e. The molecule has 1 aromatic heterocycles. The second-order valence-corrected chi connectivity index (χ2v) is 2.53. The van der Waals surface area contributed by atoms with Crippen LogP contribution in [0.25, 0.3) is 0 Å². The van der Waals surface area contributed by atoms with E-state index in [0.717, 1.165) is 24.4 Å². The summed E-state index contributed by atoms with van der Waals surface area (Å²) in [5.41, 5.74) is 0.945. The molecule has 0 spiro atoms. The van der Waals surface area contributed by atoms with Gasteiger partial charge in [0.2, 0.25) is 5.88 Å². The van der Waals surface area contributed by atoms with Crippen LogP contribution in [0.15, 0.2) is 4.52 Å². The lowest BCUT2D eigenvalue weighted by Crippen LogP contribution is -2.00. The SMILES string of the molecule is CCCCNc1on[c]c1C. The van der Waals surface area contributed by atoms with E-state index < -0.39 is 0 Å². The van der Waals surface area contributed by atoms with Gasteiger partial charge in [-0.1, -0.05) is 18.5 Å². The van der Waals surface area contributed by atoms with Crippen molar-refractivity contribution in [3.8, 4) is 0 Å². The van der Waals surface area contributed by atoms with Crippen molar-refractivity contribution in [2.24, 2.45) is 0 Å². The number of aryl methyl sites for hydroxylation is 1. The van der Waals surface area contributed by atoms with E-state index in [1.807, 2.05) is 6.92 Å². The average molecular weight is 153 g/mol. The highest BCUT2D eigenvalue weighted by Gasteiger charge is 2.00. The predicted octanol–water partition coefficient (Wildman–Crippen LogP) is 2.00. The van der Waals surface area contributed by atoms with Gasteiger partial charge in [-0.25, -0.2) is 0 Å². The highest BCUT2D eigenvalue weighted by atomic mass is 16.5. The molecular formula is C8H13N2O. The number of nitrogens with one attached hydrogen (secondary N) is 1. The number of nitrogens with zero attached hydrogens (tertiary/aromatic N) is 1. The molecular weight excluding hydrogens is 140 g/mol. The van der Waals surface area contributed by atoms with Crippen molar-refractivity contribution in [2.75, 3.05) is 11.9 Å². The second kappa shape index (κ2) is 4.01. The third-order valence-electron chi connectivity index (χ3n) is 1.51. The number of rotatable bonds is 4. The molecule has 0 fully saturated rings. The number of unbranched alkanes of at least 4 members (excludes halogenated alkanes) is 1. The van der Waals surface area contributed by atoms with Crippen LogP contribution in [0.1, 0.15) is 25.3 Å². The predicted molar refractivity (Wildman–Crippen MR) is 43.5 cm³/mol. The van der Waals surface area contributed by atoms with Gasteiger partial charge >= 0.3 is 0 Å². The first-order valence-corrected chi connectivity index (χ1v) is 3.92. The second-order valence-electron chi connectivity index (χ2n) is 2.53. The summed E-state index contributed by atoms with van der Waals surface area (Å²) in [4.78, 5) is 0. The molecule has 1 rings (SSSR count). The number of anilines is 1. The van der Waals surface area contributed by atoms with Gasteiger partial charge in [-0.2, -0.15) is 0 Å². The van der Waals surface area contributed by atoms with Crippen LogP contribution in [0.3, 0.4) is 0 Å². The lowest BCUT2D eigenvalue weighted by Gasteiger charge is -1.99. The highest BCUT2D eigenvalue weighted by Crippen LogP contribution is 2.11. The molecule has 0 aliphatic rings. The Kier molecular flexibility index (Phi) is 2.95. The summed E-state index contributed by atoms with van der Waals surface area (Å²) in [5, 5.41) is 6.67. The van der Waals surface area contributed by atoms with Crippen LogP contribution in [0.2, 0.25) is 0 Å². The van der Waals surface area contributed by atoms with E-state index in [0.29, 0.717) is 0 Å². The number of hydrogen-bond acceptors (Lipinski definition) is 3. The monoisotopic (exact) mass is 153 g/mol. The molecule has 1 N–H and O–H groups in total. The van der Waals surface area contributed by atoms with E-state index in [2.05, 4.69) is 23.6 Å². The van der Waals surface area contributed by atoms with E-state index in [4.69, 9.17) is 4.52 Å². The molecule has 0 amide bonds. The Morgan fingerprint density at radius 3 is 3.00 bits per heavy atom. The Morgan fingerprint density at radius 1 is 1.64 bits per heavy atom. The van der Waals surface area contributed by atoms with Crippen LogP contribution in [0, 0.1) is 13.1 Å². The molecule has 0 aliphatic carbocycles. The molecule has 1 heterocycles. The Morgan fingerprint density at radius 2 is 2.45 bits per heavy atom. The minimum atomic E-state index is 0.749. The first-order valence-electron chi connectivity index (χ1n) is 3.92. The van der Waals surface area contributed by atoms with Crippen molar-refractivity contribution >= 4 is 5.88 Å². The lowest BCUT2D eigenvalue weighted by molar-refractivity contribution is 0.430. The van der Waals surface area contributed by atoms with Gasteiger partial charge in [0.1, 0.15) is 6.20 Å². The van der Waals surface area contributed by atoms with Crippen molar-refractivity contribution < 1.29 is 4.52 Å². The van der Waals surface area contributed by atoms with Gasteiger partial charge in [0, 0.05) is 12.1 Å². The van der Waals surface area contributed by atoms with Crippen molar-refractivity contribution in [1.29, 1.82) is 0 Å². The maximum atomic E-state index is 4.89. The first kappa shape index (κ1) is 8.11. The molecule has 61 valence electrons. The molecule has 1 aromatic rings. The summed E-state index contributed by atoms with van der Waals surface area (Å²) in [6, 6.07) is 0. The molecule has 1 radical (unpaired) electrons. The third kappa shape index (κ3) is 2.26. The van der Waals surface area contributed by atoms with Gasteiger partial charge in [0.15, 0.2) is 0 Å². The summed E-state index contributed by atoms with van der Waals surface area (Å²) >= 11 is 0. The van der Waals surface area contributed by atoms with Gasteiger partial charge < -0.3 is 9.84 Å². The first-order chi connectivity index (χ1) is 5.34. The zero-order chi connectivity index (χ0) is 8.10. The van der Waals surface area contributed by atoms with Gasteiger partial charge in [-0.05, 0) is 13.3 Å². The van der Waals surface area contributed by atoms with Gasteiger partial charge in [0.05, 0.1) is 0 Å². The summed E-state index contributed by atoms with van der Waals surface area (Å²) in [5.74, 6) is 0.749. The minimum Gasteiger partial charge on any atom is -0.354 e. The Balaban J connectivity index is 2.32. The minimum absolute atomic E-state index is 0.749. The average Bonchev–Trinajstić information content (AvgIpc) is 2.37. The van der Waals surface area contributed by atoms with E-state index in [9.17, 15) is 0 Å². The fourth-order valence-electron chi connectivity index (χ4n) is 0.800. The summed E-state index contributed by atoms with van der Waals surface area (Å²) < 4.78 is 4.89. The fourth-order valence-corrected chi connectivity index (χ4v) is 0.800. The Bertz CT molecular complexity index is 208. The molecule has 0 saturated heterocycles. The van der Waals surface area contributed by atoms with E-state index in [1.165, 1.54) is 6.42 Å². The Labute approximate surface area is 66.8 Å². The topological polar surface area (TPSA) is 38.1 Å². The van der Waals surface area contributed by atoms with Crippen LogP contribution in [0.5, 0.6) is 0 Å². The highest BCUT2D eigenvalue weighted by molar-refractivity contribution is 5.36. The van der Waals surface area contributed by atoms with E-state index >= 15 is 0 Å². The van der Waals surface area contributed by atoms with Crippen LogP contribution < -0.4 is 5.32 Å². The quantitative estimate of drug-likeness (QED) is 0.672. The zero-order valence-electron chi connectivity index (χ0n) is 6.98. The van der Waals surface area contributed by atoms with Crippen molar-refractivity contribution in [3.63, 3.8) is 0 Å². The lowest BCUT2D eigenvalue weighted by atomic mass is 10.3. The largest absolute Gasteiger partial charge is 0.354 e. The summed E-state index contributed by atoms with van der Waals surface area (Å²) in [7, 11) is 0. The van der Waals surface area contributed by atoms with Gasteiger partial charge in [0.25, 0.3) is 0 Å². The molecule has 0 atom stereocenters. The maximum Gasteiger partial charge on any atom is 0.228 e. The third-order valence-corrected chi connectivity index (χ3v) is 1.51. The van der Waals surface area contributed by atoms with Crippen LogP contribution in [0.4, 0.5) is 5.88 Å². The van der Waals surface area contributed by atoms with Gasteiger partial charge in [-0.15, -0.1) is 0 Å². The van der Waals surface area contributed by atoms with E-state index in [-0.39, 0.29) is 0 Å². The molecule has 0 bridgehead atoms. The standard InChI is InChI=1S/C8H13N2O/c1-3-4-5-9-8-7(2)6-10-11-8/h9H,3-5H2,1-2H3. The number of aromatic nitrogens is 1.